The van der Waals surface area contributed by atoms with E-state index < -0.39 is 0 Å². The van der Waals surface area contributed by atoms with E-state index in [1.54, 1.807) is 0 Å². The van der Waals surface area contributed by atoms with E-state index in [0.29, 0.717) is 18.1 Å². The maximum absolute atomic E-state index is 5.55. The van der Waals surface area contributed by atoms with Crippen LogP contribution >= 0.6 is 0 Å². The molecule has 0 heterocycles. The summed E-state index contributed by atoms with van der Waals surface area (Å²) in [7, 11) is 0. The van der Waals surface area contributed by atoms with Crippen LogP contribution in [0.3, 0.4) is 0 Å². The molecule has 0 spiro atoms. The molecule has 0 saturated heterocycles. The zero-order chi connectivity index (χ0) is 10.3. The summed E-state index contributed by atoms with van der Waals surface area (Å²) in [6.45, 7) is 12.7. The number of rotatable bonds is 7. The van der Waals surface area contributed by atoms with Crippen molar-refractivity contribution < 1.29 is 4.74 Å². The highest BCUT2D eigenvalue weighted by Gasteiger charge is 2.08. The minimum absolute atomic E-state index is 0.358. The second-order valence-corrected chi connectivity index (χ2v) is 4.18. The molecule has 0 aromatic heterocycles. The van der Waals surface area contributed by atoms with Crippen LogP contribution in [0.15, 0.2) is 0 Å². The van der Waals surface area contributed by atoms with Crippen molar-refractivity contribution in [3.05, 3.63) is 0 Å². The molecule has 0 fully saturated rings. The van der Waals surface area contributed by atoms with Crippen molar-refractivity contribution >= 4 is 0 Å². The first-order valence-electron chi connectivity index (χ1n) is 5.41. The Morgan fingerprint density at radius 2 is 1.77 bits per heavy atom. The summed E-state index contributed by atoms with van der Waals surface area (Å²) in [5, 5.41) is 3.41. The third kappa shape index (κ3) is 8.26. The van der Waals surface area contributed by atoms with E-state index >= 15 is 0 Å². The van der Waals surface area contributed by atoms with Gasteiger partial charge in [-0.05, 0) is 39.7 Å². The van der Waals surface area contributed by atoms with E-state index in [1.165, 1.54) is 6.42 Å². The molecule has 0 bridgehead atoms. The topological polar surface area (TPSA) is 21.3 Å². The fourth-order valence-corrected chi connectivity index (χ4v) is 1.46. The van der Waals surface area contributed by atoms with Gasteiger partial charge in [-0.3, -0.25) is 0 Å². The van der Waals surface area contributed by atoms with Gasteiger partial charge >= 0.3 is 0 Å². The van der Waals surface area contributed by atoms with Crippen LogP contribution in [0.25, 0.3) is 0 Å². The largest absolute Gasteiger partial charge is 0.379 e. The normalized spacial score (nSPS) is 16.2. The number of hydrogen-bond acceptors (Lipinski definition) is 2. The van der Waals surface area contributed by atoms with E-state index in [-0.39, 0.29) is 0 Å². The molecule has 0 aliphatic carbocycles. The van der Waals surface area contributed by atoms with E-state index in [0.717, 1.165) is 13.2 Å². The summed E-state index contributed by atoms with van der Waals surface area (Å²) >= 11 is 0. The van der Waals surface area contributed by atoms with Crippen LogP contribution in [-0.2, 0) is 4.74 Å². The summed E-state index contributed by atoms with van der Waals surface area (Å²) in [5.74, 6) is 0.649. The predicted molar refractivity (Wildman–Crippen MR) is 58.0 cm³/mol. The molecule has 0 aliphatic heterocycles. The minimum Gasteiger partial charge on any atom is -0.379 e. The molecule has 0 radical (unpaired) electrons. The van der Waals surface area contributed by atoms with E-state index in [9.17, 15) is 0 Å². The lowest BCUT2D eigenvalue weighted by atomic mass is 10.0. The lowest BCUT2D eigenvalue weighted by molar-refractivity contribution is 0.0513. The van der Waals surface area contributed by atoms with Crippen LogP contribution in [0.1, 0.15) is 41.0 Å². The molecular weight excluding hydrogens is 162 g/mol. The van der Waals surface area contributed by atoms with Gasteiger partial charge in [0, 0.05) is 12.6 Å². The van der Waals surface area contributed by atoms with Gasteiger partial charge in [0.2, 0.25) is 0 Å². The second kappa shape index (κ2) is 7.34. The molecule has 13 heavy (non-hydrogen) atoms. The molecule has 0 aromatic rings. The predicted octanol–water partition coefficient (Wildman–Crippen LogP) is 2.44. The smallest absolute Gasteiger partial charge is 0.0519 e. The van der Waals surface area contributed by atoms with Crippen LogP contribution in [0.5, 0.6) is 0 Å². The molecule has 1 N–H and O–H groups in total. The maximum atomic E-state index is 5.55. The Labute approximate surface area is 83.1 Å². The average molecular weight is 187 g/mol. The van der Waals surface area contributed by atoms with Crippen molar-refractivity contribution in [2.45, 2.75) is 53.2 Å². The molecule has 0 aromatic carbocycles. The van der Waals surface area contributed by atoms with Crippen LogP contribution in [0.4, 0.5) is 0 Å². The Morgan fingerprint density at radius 1 is 1.15 bits per heavy atom. The van der Waals surface area contributed by atoms with E-state index in [4.69, 9.17) is 4.74 Å². The van der Waals surface area contributed by atoms with Gasteiger partial charge in [-0.25, -0.2) is 0 Å². The molecule has 2 atom stereocenters. The average Bonchev–Trinajstić information content (AvgIpc) is 2.01. The highest BCUT2D eigenvalue weighted by molar-refractivity contribution is 4.64. The first-order valence-corrected chi connectivity index (χ1v) is 5.41. The van der Waals surface area contributed by atoms with Crippen LogP contribution in [0.2, 0.25) is 0 Å². The van der Waals surface area contributed by atoms with Crippen LogP contribution < -0.4 is 5.32 Å². The second-order valence-electron chi connectivity index (χ2n) is 4.18. The Balaban J connectivity index is 3.43. The highest BCUT2D eigenvalue weighted by Crippen LogP contribution is 2.07. The number of ether oxygens (including phenoxy) is 1. The summed E-state index contributed by atoms with van der Waals surface area (Å²) in [6, 6.07) is 0.607. The summed E-state index contributed by atoms with van der Waals surface area (Å²) in [6.07, 6.45) is 1.55. The maximum Gasteiger partial charge on any atom is 0.0519 e. The molecular formula is C11H25NO. The van der Waals surface area contributed by atoms with Crippen LogP contribution in [0, 0.1) is 5.92 Å². The molecule has 0 amide bonds. The summed E-state index contributed by atoms with van der Waals surface area (Å²) in [5.41, 5.74) is 0. The molecule has 2 nitrogen and oxygen atoms in total. The van der Waals surface area contributed by atoms with Crippen molar-refractivity contribution in [1.29, 1.82) is 0 Å². The zero-order valence-electron chi connectivity index (χ0n) is 9.76. The SMILES string of the molecule is CCNC(C)CC(C)COC(C)C. The Kier molecular flexibility index (Phi) is 7.29. The van der Waals surface area contributed by atoms with Gasteiger partial charge in [0.05, 0.1) is 6.10 Å². The Hall–Kier alpha value is -0.0800. The minimum atomic E-state index is 0.358. The first kappa shape index (κ1) is 12.9. The zero-order valence-corrected chi connectivity index (χ0v) is 9.76. The fourth-order valence-electron chi connectivity index (χ4n) is 1.46. The summed E-state index contributed by atoms with van der Waals surface area (Å²) in [4.78, 5) is 0. The lowest BCUT2D eigenvalue weighted by Crippen LogP contribution is -2.28. The standard InChI is InChI=1S/C11H25NO/c1-6-12-11(5)7-10(4)8-13-9(2)3/h9-12H,6-8H2,1-5H3. The van der Waals surface area contributed by atoms with Gasteiger partial charge in [0.1, 0.15) is 0 Å². The molecule has 0 saturated carbocycles. The van der Waals surface area contributed by atoms with Crippen molar-refractivity contribution in [3.8, 4) is 0 Å². The van der Waals surface area contributed by atoms with Gasteiger partial charge in [-0.15, -0.1) is 0 Å². The number of nitrogens with one attached hydrogen (secondary N) is 1. The molecule has 2 heteroatoms. The van der Waals surface area contributed by atoms with E-state index in [2.05, 4.69) is 39.9 Å². The van der Waals surface area contributed by atoms with Gasteiger partial charge in [0.25, 0.3) is 0 Å². The summed E-state index contributed by atoms with van der Waals surface area (Å²) < 4.78 is 5.55. The third-order valence-electron chi connectivity index (χ3n) is 2.02. The molecule has 0 aliphatic rings. The van der Waals surface area contributed by atoms with Crippen molar-refractivity contribution in [2.75, 3.05) is 13.2 Å². The van der Waals surface area contributed by atoms with Crippen molar-refractivity contribution in [2.24, 2.45) is 5.92 Å². The quantitative estimate of drug-likeness (QED) is 0.661. The van der Waals surface area contributed by atoms with Crippen molar-refractivity contribution in [3.63, 3.8) is 0 Å². The lowest BCUT2D eigenvalue weighted by Gasteiger charge is -2.19. The van der Waals surface area contributed by atoms with Crippen molar-refractivity contribution in [1.82, 2.24) is 5.32 Å². The van der Waals surface area contributed by atoms with Gasteiger partial charge in [0.15, 0.2) is 0 Å². The molecule has 80 valence electrons. The Morgan fingerprint density at radius 3 is 2.23 bits per heavy atom. The van der Waals surface area contributed by atoms with Gasteiger partial charge in [-0.2, -0.15) is 0 Å². The third-order valence-corrected chi connectivity index (χ3v) is 2.02. The molecule has 0 rings (SSSR count). The first-order chi connectivity index (χ1) is 6.06. The highest BCUT2D eigenvalue weighted by atomic mass is 16.5. The number of hydrogen-bond donors (Lipinski definition) is 1. The Bertz CT molecular complexity index is 115. The monoisotopic (exact) mass is 187 g/mol. The van der Waals surface area contributed by atoms with Crippen LogP contribution in [-0.4, -0.2) is 25.3 Å². The van der Waals surface area contributed by atoms with E-state index in [1.807, 2.05) is 0 Å². The van der Waals surface area contributed by atoms with Gasteiger partial charge in [-0.1, -0.05) is 13.8 Å². The van der Waals surface area contributed by atoms with Gasteiger partial charge < -0.3 is 10.1 Å². The molecule has 2 unspecified atom stereocenters. The fraction of sp³-hybridized carbons (Fsp3) is 1.00.